The maximum absolute atomic E-state index is 5.94. The van der Waals surface area contributed by atoms with E-state index in [2.05, 4.69) is 79.4 Å². The van der Waals surface area contributed by atoms with E-state index in [0.29, 0.717) is 12.3 Å². The van der Waals surface area contributed by atoms with Gasteiger partial charge in [-0.2, -0.15) is 0 Å². The van der Waals surface area contributed by atoms with Crippen molar-refractivity contribution in [3.05, 3.63) is 103 Å². The zero-order valence-electron chi connectivity index (χ0n) is 17.5. The van der Waals surface area contributed by atoms with E-state index < -0.39 is 7.92 Å². The molecule has 0 spiro atoms. The molecule has 1 fully saturated rings. The summed E-state index contributed by atoms with van der Waals surface area (Å²) in [7, 11) is 2.71. The lowest BCUT2D eigenvalue weighted by Gasteiger charge is -2.24. The fraction of sp³-hybridized carbons (Fsp3) is 0.231. The Bertz CT molecular complexity index is 933. The summed E-state index contributed by atoms with van der Waals surface area (Å²) in [4.78, 5) is 0. The monoisotopic (exact) mass is 418 g/mol. The highest BCUT2D eigenvalue weighted by atomic mass is 31.1. The average molecular weight is 418 g/mol. The van der Waals surface area contributed by atoms with E-state index in [1.807, 2.05) is 12.1 Å². The third-order valence-corrected chi connectivity index (χ3v) is 8.73. The molecule has 1 aliphatic carbocycles. The van der Waals surface area contributed by atoms with E-state index in [1.165, 1.54) is 21.7 Å². The molecule has 2 atom stereocenters. The molecule has 1 saturated carbocycles. The second-order valence-corrected chi connectivity index (χ2v) is 9.71. The number of methoxy groups -OCH3 is 2. The minimum Gasteiger partial charge on any atom is -0.497 e. The molecule has 30 heavy (non-hydrogen) atoms. The molecule has 0 amide bonds. The molecule has 0 aromatic heterocycles. The van der Waals surface area contributed by atoms with Gasteiger partial charge in [0.25, 0.3) is 0 Å². The number of hydrogen-bond donors (Lipinski definition) is 0. The Morgan fingerprint density at radius 2 is 1.40 bits per heavy atom. The maximum atomic E-state index is 5.94. The summed E-state index contributed by atoms with van der Waals surface area (Å²) in [5.41, 5.74) is 2.50. The molecular formula is C26H27O3P. The number of hydrogen-bond acceptors (Lipinski definition) is 3. The number of benzene rings is 3. The average Bonchev–Trinajstić information content (AvgIpc) is 3.39. The molecular weight excluding hydrogens is 391 g/mol. The van der Waals surface area contributed by atoms with E-state index in [9.17, 15) is 0 Å². The van der Waals surface area contributed by atoms with Crippen LogP contribution in [0.5, 0.6) is 5.75 Å². The van der Waals surface area contributed by atoms with Gasteiger partial charge in [0, 0.05) is 12.8 Å². The fourth-order valence-electron chi connectivity index (χ4n) is 4.20. The normalized spacial score (nSPS) is 20.4. The van der Waals surface area contributed by atoms with Crippen molar-refractivity contribution < 1.29 is 14.2 Å². The van der Waals surface area contributed by atoms with Gasteiger partial charge in [-0.1, -0.05) is 84.9 Å². The topological polar surface area (TPSA) is 27.7 Å². The molecule has 3 aromatic carbocycles. The lowest BCUT2D eigenvalue weighted by molar-refractivity contribution is -0.0370. The molecule has 0 radical (unpaired) electrons. The summed E-state index contributed by atoms with van der Waals surface area (Å²) in [5.74, 6) is 0.850. The van der Waals surface area contributed by atoms with Gasteiger partial charge in [0.05, 0.1) is 19.1 Å². The largest absolute Gasteiger partial charge is 0.497 e. The molecule has 154 valence electrons. The maximum Gasteiger partial charge on any atom is 0.146 e. The zero-order valence-corrected chi connectivity index (χ0v) is 18.3. The van der Waals surface area contributed by atoms with Gasteiger partial charge in [0.2, 0.25) is 0 Å². The molecule has 0 unspecified atom stereocenters. The van der Waals surface area contributed by atoms with Gasteiger partial charge in [-0.25, -0.2) is 0 Å². The van der Waals surface area contributed by atoms with Gasteiger partial charge < -0.3 is 14.2 Å². The SMILES string of the molecule is C=C1[C@@H](P(c2ccccc2)c2ccccc2)[C@@]1(COCOC)c1ccc(OC)cc1. The second-order valence-electron chi connectivity index (χ2n) is 7.42. The lowest BCUT2D eigenvalue weighted by atomic mass is 9.96. The first-order chi connectivity index (χ1) is 14.7. The standard InChI is InChI=1S/C26H27O3P/c1-20-25(30(23-10-6-4-7-11-23)24-12-8-5-9-13-24)26(20,18-29-19-27-2)21-14-16-22(28-3)17-15-21/h4-17,25H,1,18-19H2,2-3H3/t25-,26-/m1/s1. The van der Waals surface area contributed by atoms with Crippen LogP contribution in [0.25, 0.3) is 0 Å². The fourth-order valence-corrected chi connectivity index (χ4v) is 7.37. The Morgan fingerprint density at radius 3 is 1.90 bits per heavy atom. The first kappa shape index (κ1) is 20.8. The van der Waals surface area contributed by atoms with Gasteiger partial charge in [-0.15, -0.1) is 0 Å². The molecule has 0 saturated heterocycles. The predicted octanol–water partition coefficient (Wildman–Crippen LogP) is 4.62. The van der Waals surface area contributed by atoms with E-state index in [-0.39, 0.29) is 12.2 Å². The predicted molar refractivity (Wildman–Crippen MR) is 125 cm³/mol. The summed E-state index contributed by atoms with van der Waals surface area (Å²) >= 11 is 0. The highest BCUT2D eigenvalue weighted by Crippen LogP contribution is 2.67. The van der Waals surface area contributed by atoms with Crippen LogP contribution in [0.3, 0.4) is 0 Å². The quantitative estimate of drug-likeness (QED) is 0.220. The Kier molecular flexibility index (Phi) is 6.34. The molecule has 0 bridgehead atoms. The Hall–Kier alpha value is -2.45. The molecule has 3 aromatic rings. The smallest absolute Gasteiger partial charge is 0.146 e. The summed E-state index contributed by atoms with van der Waals surface area (Å²) in [6.07, 6.45) is 0. The van der Waals surface area contributed by atoms with E-state index in [1.54, 1.807) is 14.2 Å². The lowest BCUT2D eigenvalue weighted by Crippen LogP contribution is -2.25. The molecule has 4 rings (SSSR count). The Labute approximate surface area is 180 Å². The molecule has 0 N–H and O–H groups in total. The van der Waals surface area contributed by atoms with Crippen LogP contribution in [-0.4, -0.2) is 33.3 Å². The molecule has 3 nitrogen and oxygen atoms in total. The molecule has 1 aliphatic rings. The van der Waals surface area contributed by atoms with Gasteiger partial charge in [-0.3, -0.25) is 0 Å². The summed E-state index contributed by atoms with van der Waals surface area (Å²) in [6, 6.07) is 29.9. The third-order valence-electron chi connectivity index (χ3n) is 5.75. The summed E-state index contributed by atoms with van der Waals surface area (Å²) < 4.78 is 16.5. The van der Waals surface area contributed by atoms with Crippen molar-refractivity contribution >= 4 is 18.5 Å². The van der Waals surface area contributed by atoms with Crippen LogP contribution >= 0.6 is 7.92 Å². The van der Waals surface area contributed by atoms with Crippen molar-refractivity contribution in [3.8, 4) is 5.75 Å². The van der Waals surface area contributed by atoms with E-state index >= 15 is 0 Å². The summed E-state index contributed by atoms with van der Waals surface area (Å²) in [6.45, 7) is 5.36. The van der Waals surface area contributed by atoms with Crippen molar-refractivity contribution in [2.45, 2.75) is 11.1 Å². The molecule has 0 aliphatic heterocycles. The van der Waals surface area contributed by atoms with Crippen LogP contribution in [0.2, 0.25) is 0 Å². The number of rotatable bonds is 9. The van der Waals surface area contributed by atoms with Crippen LogP contribution < -0.4 is 15.3 Å². The van der Waals surface area contributed by atoms with Crippen LogP contribution in [0.15, 0.2) is 97.1 Å². The highest BCUT2D eigenvalue weighted by Gasteiger charge is 2.63. The Morgan fingerprint density at radius 1 is 0.833 bits per heavy atom. The number of ether oxygens (including phenoxy) is 3. The van der Waals surface area contributed by atoms with Crippen LogP contribution in [-0.2, 0) is 14.9 Å². The first-order valence-electron chi connectivity index (χ1n) is 10.0. The van der Waals surface area contributed by atoms with Crippen LogP contribution in [0, 0.1) is 0 Å². The van der Waals surface area contributed by atoms with E-state index in [0.717, 1.165) is 5.75 Å². The highest BCUT2D eigenvalue weighted by molar-refractivity contribution is 7.74. The van der Waals surface area contributed by atoms with E-state index in [4.69, 9.17) is 14.2 Å². The van der Waals surface area contributed by atoms with Crippen molar-refractivity contribution in [2.75, 3.05) is 27.6 Å². The minimum absolute atomic E-state index is 0.234. The van der Waals surface area contributed by atoms with Crippen molar-refractivity contribution in [2.24, 2.45) is 0 Å². The van der Waals surface area contributed by atoms with Crippen LogP contribution in [0.4, 0.5) is 0 Å². The molecule has 0 heterocycles. The summed E-state index contributed by atoms with van der Waals surface area (Å²) in [5, 5.41) is 2.71. The minimum atomic E-state index is -0.633. The Balaban J connectivity index is 1.78. The second kappa shape index (κ2) is 9.14. The van der Waals surface area contributed by atoms with Crippen LogP contribution in [0.1, 0.15) is 5.56 Å². The third kappa shape index (κ3) is 3.81. The van der Waals surface area contributed by atoms with Crippen molar-refractivity contribution in [1.29, 1.82) is 0 Å². The van der Waals surface area contributed by atoms with Gasteiger partial charge >= 0.3 is 0 Å². The van der Waals surface area contributed by atoms with Gasteiger partial charge in [-0.05, 0) is 36.2 Å². The van der Waals surface area contributed by atoms with Gasteiger partial charge in [0.1, 0.15) is 12.5 Å². The van der Waals surface area contributed by atoms with Crippen molar-refractivity contribution in [3.63, 3.8) is 0 Å². The first-order valence-corrected chi connectivity index (χ1v) is 11.4. The molecule has 4 heteroatoms. The van der Waals surface area contributed by atoms with Gasteiger partial charge in [0.15, 0.2) is 0 Å². The van der Waals surface area contributed by atoms with Crippen molar-refractivity contribution in [1.82, 2.24) is 0 Å². The zero-order chi connectivity index (χ0) is 21.0.